The summed E-state index contributed by atoms with van der Waals surface area (Å²) in [5, 5.41) is 0. The molecule has 0 spiro atoms. The molecular weight excluding hydrogens is 166 g/mol. The topological polar surface area (TPSA) is 55.2 Å². The van der Waals surface area contributed by atoms with E-state index in [0.29, 0.717) is 0 Å². The van der Waals surface area contributed by atoms with Crippen LogP contribution < -0.4 is 0 Å². The quantitative estimate of drug-likeness (QED) is 0.598. The highest BCUT2D eigenvalue weighted by atomic mass is 32.2. The van der Waals surface area contributed by atoms with Crippen LogP contribution in [0.5, 0.6) is 0 Å². The van der Waals surface area contributed by atoms with Crippen molar-refractivity contribution < 1.29 is 8.42 Å². The molecule has 0 bridgehead atoms. The number of hydrogen-bond acceptors (Lipinski definition) is 3. The average Bonchev–Trinajstić information content (AvgIpc) is 2.37. The van der Waals surface area contributed by atoms with E-state index < -0.39 is 10.2 Å². The highest BCUT2D eigenvalue weighted by Crippen LogP contribution is 1.97. The lowest BCUT2D eigenvalue weighted by molar-refractivity contribution is 0.510. The van der Waals surface area contributed by atoms with E-state index in [1.807, 2.05) is 0 Å². The zero-order chi connectivity index (χ0) is 8.48. The van der Waals surface area contributed by atoms with Crippen LogP contribution in [0.4, 0.5) is 0 Å². The Morgan fingerprint density at radius 2 is 2.18 bits per heavy atom. The van der Waals surface area contributed by atoms with Crippen LogP contribution in [-0.4, -0.2) is 35.8 Å². The van der Waals surface area contributed by atoms with Gasteiger partial charge in [0.05, 0.1) is 0 Å². The molecule has 0 aromatic carbocycles. The van der Waals surface area contributed by atoms with Gasteiger partial charge in [-0.25, -0.2) is 8.96 Å². The third-order valence-electron chi connectivity index (χ3n) is 1.14. The van der Waals surface area contributed by atoms with Gasteiger partial charge in [0.15, 0.2) is 6.33 Å². The second-order valence-corrected chi connectivity index (χ2v) is 4.13. The molecule has 5 nitrogen and oxygen atoms in total. The average molecular weight is 174 g/mol. The lowest BCUT2D eigenvalue weighted by Gasteiger charge is -2.09. The first-order valence-corrected chi connectivity index (χ1v) is 4.29. The van der Waals surface area contributed by atoms with Crippen LogP contribution in [0.2, 0.25) is 0 Å². The molecule has 1 rings (SSSR count). The van der Waals surface area contributed by atoms with Crippen LogP contribution in [0.1, 0.15) is 0 Å². The molecule has 1 aromatic heterocycles. The molecule has 1 radical (unpaired) electrons. The zero-order valence-corrected chi connectivity index (χ0v) is 7.04. The van der Waals surface area contributed by atoms with Gasteiger partial charge in [-0.2, -0.15) is 12.7 Å². The largest absolute Gasteiger partial charge is 0.308 e. The molecule has 1 aromatic rings. The molecule has 0 saturated heterocycles. The first-order chi connectivity index (χ1) is 5.05. The maximum atomic E-state index is 11.2. The van der Waals surface area contributed by atoms with Crippen molar-refractivity contribution in [2.75, 3.05) is 14.1 Å². The molecule has 0 fully saturated rings. The smallest absolute Gasteiger partial charge is 0.233 e. The van der Waals surface area contributed by atoms with Gasteiger partial charge in [-0.05, 0) is 0 Å². The van der Waals surface area contributed by atoms with Crippen molar-refractivity contribution in [1.29, 1.82) is 0 Å². The number of hydrogen-bond donors (Lipinski definition) is 0. The van der Waals surface area contributed by atoms with Crippen molar-refractivity contribution in [2.24, 2.45) is 0 Å². The summed E-state index contributed by atoms with van der Waals surface area (Å²) in [7, 11) is -0.506. The lowest BCUT2D eigenvalue weighted by atomic mass is 11.0. The Labute approximate surface area is 65.5 Å². The Morgan fingerprint density at radius 3 is 2.55 bits per heavy atom. The minimum Gasteiger partial charge on any atom is -0.233 e. The van der Waals surface area contributed by atoms with Crippen LogP contribution in [0.25, 0.3) is 0 Å². The monoisotopic (exact) mass is 174 g/mol. The second kappa shape index (κ2) is 2.63. The Balaban J connectivity index is 3.12. The lowest BCUT2D eigenvalue weighted by Crippen LogP contribution is -2.27. The fourth-order valence-electron chi connectivity index (χ4n) is 0.522. The number of rotatable bonds is 2. The summed E-state index contributed by atoms with van der Waals surface area (Å²) in [6.45, 7) is 0. The summed E-state index contributed by atoms with van der Waals surface area (Å²) in [5.74, 6) is 0. The van der Waals surface area contributed by atoms with E-state index in [-0.39, 0.29) is 0 Å². The Bertz CT molecular complexity index is 314. The Morgan fingerprint density at radius 1 is 1.55 bits per heavy atom. The fourth-order valence-corrected chi connectivity index (χ4v) is 1.23. The molecule has 1 heterocycles. The molecule has 0 unspecified atom stereocenters. The standard InChI is InChI=1S/C5H8N3O2S/c1-7(2)11(9,10)8-4-3-6-5-8/h3-4H,1-2H3. The number of nitrogens with zero attached hydrogens (tertiary/aromatic N) is 3. The van der Waals surface area contributed by atoms with E-state index >= 15 is 0 Å². The van der Waals surface area contributed by atoms with Gasteiger partial charge in [0.1, 0.15) is 0 Å². The minimum atomic E-state index is -3.40. The van der Waals surface area contributed by atoms with Gasteiger partial charge >= 0.3 is 10.2 Å². The molecular formula is C5H8N3O2S. The number of imidazole rings is 1. The summed E-state index contributed by atoms with van der Waals surface area (Å²) >= 11 is 0. The number of aromatic nitrogens is 2. The van der Waals surface area contributed by atoms with Crippen molar-refractivity contribution >= 4 is 10.2 Å². The van der Waals surface area contributed by atoms with E-state index in [2.05, 4.69) is 11.3 Å². The maximum Gasteiger partial charge on any atom is 0.308 e. The van der Waals surface area contributed by atoms with Gasteiger partial charge in [0.25, 0.3) is 0 Å². The van der Waals surface area contributed by atoms with E-state index in [4.69, 9.17) is 0 Å². The predicted molar refractivity (Wildman–Crippen MR) is 39.1 cm³/mol. The highest BCUT2D eigenvalue weighted by Gasteiger charge is 2.14. The molecule has 0 N–H and O–H groups in total. The molecule has 0 saturated carbocycles. The van der Waals surface area contributed by atoms with E-state index in [1.54, 1.807) is 0 Å². The maximum absolute atomic E-state index is 11.2. The summed E-state index contributed by atoms with van der Waals surface area (Å²) in [5.41, 5.74) is 0. The Hall–Kier alpha value is -0.880. The molecule has 0 aliphatic rings. The highest BCUT2D eigenvalue weighted by molar-refractivity contribution is 7.87. The molecule has 0 aliphatic heterocycles. The molecule has 0 amide bonds. The van der Waals surface area contributed by atoms with Gasteiger partial charge in [-0.1, -0.05) is 0 Å². The van der Waals surface area contributed by atoms with E-state index in [9.17, 15) is 8.42 Å². The van der Waals surface area contributed by atoms with Crippen LogP contribution >= 0.6 is 0 Å². The second-order valence-electron chi connectivity index (χ2n) is 2.11. The zero-order valence-electron chi connectivity index (χ0n) is 6.22. The fraction of sp³-hybridized carbons (Fsp3) is 0.400. The van der Waals surface area contributed by atoms with Crippen molar-refractivity contribution in [2.45, 2.75) is 0 Å². The van der Waals surface area contributed by atoms with Gasteiger partial charge in [-0.15, -0.1) is 0 Å². The van der Waals surface area contributed by atoms with Crippen molar-refractivity contribution in [3.05, 3.63) is 18.7 Å². The summed E-state index contributed by atoms with van der Waals surface area (Å²) in [6.07, 6.45) is 4.99. The minimum absolute atomic E-state index is 0.924. The van der Waals surface area contributed by atoms with Crippen LogP contribution in [-0.2, 0) is 10.2 Å². The molecule has 61 valence electrons. The Kier molecular flexibility index (Phi) is 1.97. The molecule has 0 aliphatic carbocycles. The summed E-state index contributed by atoms with van der Waals surface area (Å²) in [4.78, 5) is 3.50. The molecule has 6 heteroatoms. The van der Waals surface area contributed by atoms with E-state index in [1.165, 1.54) is 26.5 Å². The van der Waals surface area contributed by atoms with Gasteiger partial charge in [-0.3, -0.25) is 0 Å². The van der Waals surface area contributed by atoms with Gasteiger partial charge in [0.2, 0.25) is 0 Å². The molecule has 0 atom stereocenters. The predicted octanol–water partition coefficient (Wildman–Crippen LogP) is -0.662. The normalized spacial score (nSPS) is 12.3. The summed E-state index contributed by atoms with van der Waals surface area (Å²) in [6, 6.07) is 0. The first-order valence-electron chi connectivity index (χ1n) is 2.89. The van der Waals surface area contributed by atoms with Crippen LogP contribution in [0.3, 0.4) is 0 Å². The van der Waals surface area contributed by atoms with Crippen molar-refractivity contribution in [3.63, 3.8) is 0 Å². The van der Waals surface area contributed by atoms with Crippen molar-refractivity contribution in [1.82, 2.24) is 13.3 Å². The third-order valence-corrected chi connectivity index (χ3v) is 2.77. The molecule has 11 heavy (non-hydrogen) atoms. The van der Waals surface area contributed by atoms with E-state index in [0.717, 1.165) is 8.28 Å². The van der Waals surface area contributed by atoms with Crippen molar-refractivity contribution in [3.8, 4) is 0 Å². The van der Waals surface area contributed by atoms with Gasteiger partial charge < -0.3 is 0 Å². The SMILES string of the molecule is CN(C)S(=O)(=O)n1[c]ncc1. The van der Waals surface area contributed by atoms with Gasteiger partial charge in [0, 0.05) is 26.5 Å². The first kappa shape index (κ1) is 8.22. The third kappa shape index (κ3) is 1.41. The van der Waals surface area contributed by atoms with Crippen LogP contribution in [0, 0.1) is 6.33 Å². The van der Waals surface area contributed by atoms with Crippen LogP contribution in [0.15, 0.2) is 12.4 Å². The summed E-state index contributed by atoms with van der Waals surface area (Å²) < 4.78 is 24.4.